The molecule has 0 atom stereocenters. The van der Waals surface area contributed by atoms with Crippen LogP contribution in [0.2, 0.25) is 0 Å². The summed E-state index contributed by atoms with van der Waals surface area (Å²) in [5.74, 6) is 2.07. The Morgan fingerprint density at radius 3 is 2.44 bits per heavy atom. The summed E-state index contributed by atoms with van der Waals surface area (Å²) in [5, 5.41) is 0. The highest BCUT2D eigenvalue weighted by Gasteiger charge is 2.20. The van der Waals surface area contributed by atoms with E-state index in [1.54, 1.807) is 7.11 Å². The Morgan fingerprint density at radius 1 is 0.852 bits per heavy atom. The summed E-state index contributed by atoms with van der Waals surface area (Å²) in [5.41, 5.74) is 4.90. The fourth-order valence-electron chi connectivity index (χ4n) is 3.56. The van der Waals surface area contributed by atoms with E-state index in [9.17, 15) is 0 Å². The van der Waals surface area contributed by atoms with Crippen molar-refractivity contribution in [3.05, 3.63) is 95.6 Å². The minimum atomic E-state index is 0.798. The third-order valence-electron chi connectivity index (χ3n) is 5.00. The molecule has 0 unspecified atom stereocenters. The Balaban J connectivity index is 1.60. The van der Waals surface area contributed by atoms with Crippen molar-refractivity contribution in [2.24, 2.45) is 4.99 Å². The second-order valence-electron chi connectivity index (χ2n) is 6.81. The van der Waals surface area contributed by atoms with E-state index in [0.29, 0.717) is 0 Å². The molecule has 0 bridgehead atoms. The van der Waals surface area contributed by atoms with Crippen LogP contribution in [0.4, 0.5) is 5.69 Å². The van der Waals surface area contributed by atoms with Gasteiger partial charge in [0.25, 0.3) is 0 Å². The predicted octanol–water partition coefficient (Wildman–Crippen LogP) is 5.37. The van der Waals surface area contributed by atoms with Crippen LogP contribution in [-0.2, 0) is 19.5 Å². The molecule has 0 aromatic heterocycles. The number of aryl methyl sites for hydroxylation is 1. The Morgan fingerprint density at radius 2 is 1.59 bits per heavy atom. The number of methoxy groups -OCH3 is 1. The lowest BCUT2D eigenvalue weighted by Gasteiger charge is -2.31. The van der Waals surface area contributed by atoms with Crippen LogP contribution in [0, 0.1) is 0 Å². The number of benzene rings is 3. The van der Waals surface area contributed by atoms with Crippen molar-refractivity contribution in [1.82, 2.24) is 4.90 Å². The van der Waals surface area contributed by atoms with E-state index in [1.165, 1.54) is 16.7 Å². The lowest BCUT2D eigenvalue weighted by molar-refractivity contribution is 0.367. The highest BCUT2D eigenvalue weighted by Crippen LogP contribution is 2.29. The lowest BCUT2D eigenvalue weighted by atomic mass is 10.1. The molecule has 0 amide bonds. The third kappa shape index (κ3) is 4.03. The third-order valence-corrected chi connectivity index (χ3v) is 5.00. The smallest absolute Gasteiger partial charge is 0.123 e. The second-order valence-corrected chi connectivity index (χ2v) is 6.81. The van der Waals surface area contributed by atoms with Gasteiger partial charge in [-0.25, -0.2) is 4.99 Å². The molecule has 3 aromatic carbocycles. The van der Waals surface area contributed by atoms with Gasteiger partial charge in [0.1, 0.15) is 11.6 Å². The Kier molecular flexibility index (Phi) is 5.20. The lowest BCUT2D eigenvalue weighted by Crippen LogP contribution is -2.32. The fraction of sp³-hybridized carbons (Fsp3) is 0.208. The van der Waals surface area contributed by atoms with Gasteiger partial charge in [0.05, 0.1) is 12.8 Å². The van der Waals surface area contributed by atoms with Crippen molar-refractivity contribution < 1.29 is 4.74 Å². The summed E-state index contributed by atoms with van der Waals surface area (Å²) >= 11 is 0. The van der Waals surface area contributed by atoms with Crippen LogP contribution >= 0.6 is 0 Å². The van der Waals surface area contributed by atoms with Gasteiger partial charge in [-0.05, 0) is 29.7 Å². The molecule has 136 valence electrons. The highest BCUT2D eigenvalue weighted by molar-refractivity contribution is 5.87. The quantitative estimate of drug-likeness (QED) is 0.593. The van der Waals surface area contributed by atoms with Gasteiger partial charge in [0, 0.05) is 25.1 Å². The van der Waals surface area contributed by atoms with Crippen LogP contribution < -0.4 is 4.74 Å². The first-order valence-electron chi connectivity index (χ1n) is 9.40. The van der Waals surface area contributed by atoms with Gasteiger partial charge in [-0.1, -0.05) is 66.7 Å². The SMILES string of the molecule is COc1ccccc1CN1Cc2ccccc2N=C1CCc1ccccc1. The van der Waals surface area contributed by atoms with Crippen molar-refractivity contribution >= 4 is 11.5 Å². The van der Waals surface area contributed by atoms with Gasteiger partial charge in [-0.15, -0.1) is 0 Å². The molecule has 0 N–H and O–H groups in total. The van der Waals surface area contributed by atoms with E-state index in [0.717, 1.165) is 43.2 Å². The van der Waals surface area contributed by atoms with E-state index in [-0.39, 0.29) is 0 Å². The largest absolute Gasteiger partial charge is 0.496 e. The van der Waals surface area contributed by atoms with Gasteiger partial charge in [-0.3, -0.25) is 0 Å². The van der Waals surface area contributed by atoms with Crippen LogP contribution in [0.3, 0.4) is 0 Å². The molecule has 1 aliphatic heterocycles. The van der Waals surface area contributed by atoms with E-state index in [2.05, 4.69) is 71.6 Å². The monoisotopic (exact) mass is 356 g/mol. The number of aliphatic imine (C=N–C) groups is 1. The topological polar surface area (TPSA) is 24.8 Å². The normalized spacial score (nSPS) is 13.1. The minimum absolute atomic E-state index is 0.798. The molecule has 1 heterocycles. The molecule has 0 fully saturated rings. The van der Waals surface area contributed by atoms with Gasteiger partial charge >= 0.3 is 0 Å². The van der Waals surface area contributed by atoms with Crippen molar-refractivity contribution in [2.75, 3.05) is 7.11 Å². The molecule has 3 nitrogen and oxygen atoms in total. The summed E-state index contributed by atoms with van der Waals surface area (Å²) in [6.45, 7) is 1.67. The molecular formula is C24H24N2O. The maximum absolute atomic E-state index is 5.55. The summed E-state index contributed by atoms with van der Waals surface area (Å²) in [4.78, 5) is 7.37. The number of fused-ring (bicyclic) bond motifs is 1. The molecule has 3 aromatic rings. The molecule has 27 heavy (non-hydrogen) atoms. The van der Waals surface area contributed by atoms with Crippen molar-refractivity contribution in [3.8, 4) is 5.75 Å². The van der Waals surface area contributed by atoms with Crippen molar-refractivity contribution in [1.29, 1.82) is 0 Å². The van der Waals surface area contributed by atoms with Crippen LogP contribution in [0.1, 0.15) is 23.1 Å². The van der Waals surface area contributed by atoms with Gasteiger partial charge in [-0.2, -0.15) is 0 Å². The van der Waals surface area contributed by atoms with E-state index < -0.39 is 0 Å². The number of nitrogens with zero attached hydrogens (tertiary/aromatic N) is 2. The average molecular weight is 356 g/mol. The van der Waals surface area contributed by atoms with E-state index in [4.69, 9.17) is 9.73 Å². The van der Waals surface area contributed by atoms with Crippen LogP contribution in [-0.4, -0.2) is 17.8 Å². The molecule has 0 aliphatic carbocycles. The summed E-state index contributed by atoms with van der Waals surface area (Å²) in [6, 6.07) is 27.3. The van der Waals surface area contributed by atoms with E-state index in [1.807, 2.05) is 12.1 Å². The number of rotatable bonds is 6. The van der Waals surface area contributed by atoms with Gasteiger partial charge in [0.15, 0.2) is 0 Å². The average Bonchev–Trinajstić information content (AvgIpc) is 2.73. The van der Waals surface area contributed by atoms with E-state index >= 15 is 0 Å². The molecule has 0 spiro atoms. The van der Waals surface area contributed by atoms with Gasteiger partial charge < -0.3 is 9.64 Å². The zero-order valence-corrected chi connectivity index (χ0v) is 15.6. The van der Waals surface area contributed by atoms with Crippen molar-refractivity contribution in [2.45, 2.75) is 25.9 Å². The number of ether oxygens (including phenoxy) is 1. The zero-order chi connectivity index (χ0) is 18.5. The molecule has 4 rings (SSSR count). The predicted molar refractivity (Wildman–Crippen MR) is 111 cm³/mol. The van der Waals surface area contributed by atoms with Crippen LogP contribution in [0.5, 0.6) is 5.75 Å². The number of hydrogen-bond acceptors (Lipinski definition) is 3. The van der Waals surface area contributed by atoms with Crippen LogP contribution in [0.25, 0.3) is 0 Å². The Bertz CT molecular complexity index is 934. The first-order chi connectivity index (χ1) is 13.3. The van der Waals surface area contributed by atoms with Crippen LogP contribution in [0.15, 0.2) is 83.9 Å². The summed E-state index contributed by atoms with van der Waals surface area (Å²) < 4.78 is 5.55. The standard InChI is InChI=1S/C24H24N2O/c1-27-23-14-8-6-12-21(23)18-26-17-20-11-5-7-13-22(20)25-24(26)16-15-19-9-3-2-4-10-19/h2-14H,15-18H2,1H3. The number of para-hydroxylation sites is 2. The summed E-state index contributed by atoms with van der Waals surface area (Å²) in [7, 11) is 1.73. The Hall–Kier alpha value is -3.07. The second kappa shape index (κ2) is 8.09. The summed E-state index contributed by atoms with van der Waals surface area (Å²) in [6.07, 6.45) is 1.91. The molecule has 0 saturated heterocycles. The molecule has 0 radical (unpaired) electrons. The fourth-order valence-corrected chi connectivity index (χ4v) is 3.56. The maximum Gasteiger partial charge on any atom is 0.123 e. The Labute approximate surface area is 160 Å². The molecule has 1 aliphatic rings. The first-order valence-corrected chi connectivity index (χ1v) is 9.40. The molecule has 0 saturated carbocycles. The number of hydrogen-bond donors (Lipinski definition) is 0. The van der Waals surface area contributed by atoms with Gasteiger partial charge in [0.2, 0.25) is 0 Å². The molecule has 3 heteroatoms. The minimum Gasteiger partial charge on any atom is -0.496 e. The maximum atomic E-state index is 5.55. The molecular weight excluding hydrogens is 332 g/mol. The zero-order valence-electron chi connectivity index (χ0n) is 15.6. The van der Waals surface area contributed by atoms with Crippen molar-refractivity contribution in [3.63, 3.8) is 0 Å². The highest BCUT2D eigenvalue weighted by atomic mass is 16.5. The number of amidine groups is 1. The first kappa shape index (κ1) is 17.3.